The number of carboxylic acid groups (broad SMARTS) is 1. The molecule has 6 heteroatoms. The van der Waals surface area contributed by atoms with E-state index < -0.39 is 17.9 Å². The van der Waals surface area contributed by atoms with Crippen molar-refractivity contribution in [1.82, 2.24) is 5.32 Å². The molecule has 0 fully saturated rings. The topological polar surface area (TPSA) is 84.9 Å². The van der Waals surface area contributed by atoms with E-state index in [9.17, 15) is 14.7 Å². The summed E-state index contributed by atoms with van der Waals surface area (Å²) in [6.07, 6.45) is 0.976. The fourth-order valence-corrected chi connectivity index (χ4v) is 3.13. The van der Waals surface area contributed by atoms with Crippen LogP contribution in [-0.4, -0.2) is 35.2 Å². The summed E-state index contributed by atoms with van der Waals surface area (Å²) in [7, 11) is 0. The number of nitrogens with one attached hydrogen (secondary N) is 1. The van der Waals surface area contributed by atoms with Gasteiger partial charge in [-0.1, -0.05) is 42.5 Å². The molecule has 1 heterocycles. The van der Waals surface area contributed by atoms with Gasteiger partial charge < -0.3 is 19.9 Å². The van der Waals surface area contributed by atoms with E-state index in [1.165, 1.54) is 0 Å². The van der Waals surface area contributed by atoms with E-state index in [4.69, 9.17) is 9.47 Å². The predicted octanol–water partition coefficient (Wildman–Crippen LogP) is 2.59. The van der Waals surface area contributed by atoms with Crippen LogP contribution in [0.4, 0.5) is 0 Å². The first-order valence-corrected chi connectivity index (χ1v) is 8.84. The van der Waals surface area contributed by atoms with Crippen LogP contribution in [-0.2, 0) is 22.4 Å². The summed E-state index contributed by atoms with van der Waals surface area (Å²) in [4.78, 5) is 23.7. The Kier molecular flexibility index (Phi) is 5.35. The van der Waals surface area contributed by atoms with Crippen molar-refractivity contribution < 1.29 is 24.2 Å². The molecule has 27 heavy (non-hydrogen) atoms. The third-order valence-corrected chi connectivity index (χ3v) is 4.33. The quantitative estimate of drug-likeness (QED) is 0.784. The van der Waals surface area contributed by atoms with Gasteiger partial charge in [0, 0.05) is 18.4 Å². The van der Waals surface area contributed by atoms with Gasteiger partial charge >= 0.3 is 5.97 Å². The molecule has 142 valence electrons. The van der Waals surface area contributed by atoms with Crippen LogP contribution in [0.1, 0.15) is 25.0 Å². The van der Waals surface area contributed by atoms with Crippen LogP contribution in [0.15, 0.2) is 48.5 Å². The van der Waals surface area contributed by atoms with E-state index in [-0.39, 0.29) is 18.6 Å². The molecule has 2 aromatic carbocycles. The van der Waals surface area contributed by atoms with Crippen molar-refractivity contribution in [3.8, 4) is 11.5 Å². The Morgan fingerprint density at radius 2 is 1.93 bits per heavy atom. The Morgan fingerprint density at radius 3 is 2.63 bits per heavy atom. The van der Waals surface area contributed by atoms with E-state index in [1.54, 1.807) is 6.07 Å². The number of hydrogen-bond acceptors (Lipinski definition) is 4. The molecule has 0 saturated carbocycles. The van der Waals surface area contributed by atoms with Crippen LogP contribution >= 0.6 is 0 Å². The van der Waals surface area contributed by atoms with Crippen molar-refractivity contribution in [2.45, 2.75) is 38.3 Å². The van der Waals surface area contributed by atoms with E-state index in [0.717, 1.165) is 17.5 Å². The van der Waals surface area contributed by atoms with Crippen molar-refractivity contribution in [1.29, 1.82) is 0 Å². The monoisotopic (exact) mass is 369 g/mol. The van der Waals surface area contributed by atoms with Gasteiger partial charge in [0.05, 0.1) is 0 Å². The van der Waals surface area contributed by atoms with Gasteiger partial charge in [0.2, 0.25) is 0 Å². The lowest BCUT2D eigenvalue weighted by Crippen LogP contribution is -2.44. The Labute approximate surface area is 158 Å². The number of carbonyl (C=O) groups is 2. The molecule has 1 aliphatic heterocycles. The molecule has 0 spiro atoms. The smallest absolute Gasteiger partial charge is 0.326 e. The maximum absolute atomic E-state index is 12.2. The predicted molar refractivity (Wildman–Crippen MR) is 100 cm³/mol. The second-order valence-electron chi connectivity index (χ2n) is 7.22. The molecule has 1 amide bonds. The summed E-state index contributed by atoms with van der Waals surface area (Å²) >= 11 is 0. The minimum atomic E-state index is -1.09. The van der Waals surface area contributed by atoms with Gasteiger partial charge in [0.25, 0.3) is 5.91 Å². The number of amides is 1. The van der Waals surface area contributed by atoms with Crippen LogP contribution in [0.2, 0.25) is 0 Å². The molecule has 2 aromatic rings. The van der Waals surface area contributed by atoms with Gasteiger partial charge in [-0.05, 0) is 25.5 Å². The number of carboxylic acids is 1. The van der Waals surface area contributed by atoms with Crippen LogP contribution in [0.25, 0.3) is 0 Å². The summed E-state index contributed by atoms with van der Waals surface area (Å²) in [5, 5.41) is 11.9. The highest BCUT2D eigenvalue weighted by Crippen LogP contribution is 2.41. The van der Waals surface area contributed by atoms with Crippen molar-refractivity contribution in [3.05, 3.63) is 59.7 Å². The maximum atomic E-state index is 12.2. The van der Waals surface area contributed by atoms with Gasteiger partial charge in [-0.3, -0.25) is 4.79 Å². The Hall–Kier alpha value is -3.02. The number of aliphatic carboxylic acids is 1. The minimum Gasteiger partial charge on any atom is -0.483 e. The van der Waals surface area contributed by atoms with E-state index >= 15 is 0 Å². The first-order chi connectivity index (χ1) is 12.8. The molecule has 0 aliphatic carbocycles. The highest BCUT2D eigenvalue weighted by atomic mass is 16.5. The number of ether oxygens (including phenoxy) is 2. The van der Waals surface area contributed by atoms with Gasteiger partial charge in [0.1, 0.15) is 11.6 Å². The molecule has 3 rings (SSSR count). The number of benzene rings is 2. The highest BCUT2D eigenvalue weighted by molar-refractivity contribution is 5.84. The molecule has 0 saturated heterocycles. The number of fused-ring (bicyclic) bond motifs is 1. The molecule has 1 atom stereocenters. The molecule has 0 radical (unpaired) electrons. The van der Waals surface area contributed by atoms with Crippen LogP contribution in [0, 0.1) is 0 Å². The Balaban J connectivity index is 1.60. The van der Waals surface area contributed by atoms with Crippen molar-refractivity contribution in [3.63, 3.8) is 0 Å². The van der Waals surface area contributed by atoms with Crippen LogP contribution in [0.5, 0.6) is 11.5 Å². The molecule has 1 aliphatic rings. The van der Waals surface area contributed by atoms with Gasteiger partial charge in [-0.15, -0.1) is 0 Å². The third kappa shape index (κ3) is 4.78. The first kappa shape index (κ1) is 18.8. The lowest BCUT2D eigenvalue weighted by Gasteiger charge is -2.18. The molecule has 2 N–H and O–H groups in total. The molecule has 0 bridgehead atoms. The molecular weight excluding hydrogens is 346 g/mol. The Morgan fingerprint density at radius 1 is 1.19 bits per heavy atom. The second kappa shape index (κ2) is 7.70. The molecule has 6 nitrogen and oxygen atoms in total. The summed E-state index contributed by atoms with van der Waals surface area (Å²) < 4.78 is 11.5. The van der Waals surface area contributed by atoms with Crippen molar-refractivity contribution in [2.75, 3.05) is 6.61 Å². The van der Waals surface area contributed by atoms with Crippen LogP contribution < -0.4 is 14.8 Å². The SMILES string of the molecule is CC1(C)Cc2cccc(OCC(=O)N[C@H](Cc3ccccc3)C(=O)O)c2O1. The molecule has 0 unspecified atom stereocenters. The summed E-state index contributed by atoms with van der Waals surface area (Å²) in [5.74, 6) is -0.441. The van der Waals surface area contributed by atoms with Gasteiger partial charge in [0.15, 0.2) is 18.1 Å². The standard InChI is InChI=1S/C21H23NO5/c1-21(2)12-15-9-6-10-17(19(15)27-21)26-13-18(23)22-16(20(24)25)11-14-7-4-3-5-8-14/h3-10,16H,11-13H2,1-2H3,(H,22,23)(H,24,25)/t16-/m1/s1. The van der Waals surface area contributed by atoms with Gasteiger partial charge in [-0.2, -0.15) is 0 Å². The van der Waals surface area contributed by atoms with Gasteiger partial charge in [-0.25, -0.2) is 4.79 Å². The minimum absolute atomic E-state index is 0.208. The number of hydrogen-bond donors (Lipinski definition) is 2. The average Bonchev–Trinajstić information content (AvgIpc) is 2.94. The summed E-state index contributed by atoms with van der Waals surface area (Å²) in [6.45, 7) is 3.70. The van der Waals surface area contributed by atoms with Crippen LogP contribution in [0.3, 0.4) is 0 Å². The number of carbonyl (C=O) groups excluding carboxylic acids is 1. The zero-order chi connectivity index (χ0) is 19.4. The molecular formula is C21H23NO5. The Bertz CT molecular complexity index is 832. The third-order valence-electron chi connectivity index (χ3n) is 4.33. The fourth-order valence-electron chi connectivity index (χ4n) is 3.13. The first-order valence-electron chi connectivity index (χ1n) is 8.84. The highest BCUT2D eigenvalue weighted by Gasteiger charge is 2.32. The van der Waals surface area contributed by atoms with Crippen molar-refractivity contribution >= 4 is 11.9 Å². The van der Waals surface area contributed by atoms with Crippen molar-refractivity contribution in [2.24, 2.45) is 0 Å². The number of rotatable bonds is 7. The summed E-state index contributed by atoms with van der Waals surface area (Å²) in [6, 6.07) is 13.7. The lowest BCUT2D eigenvalue weighted by atomic mass is 10.0. The zero-order valence-corrected chi connectivity index (χ0v) is 15.4. The average molecular weight is 369 g/mol. The second-order valence-corrected chi connectivity index (χ2v) is 7.22. The largest absolute Gasteiger partial charge is 0.483 e. The number of para-hydroxylation sites is 1. The lowest BCUT2D eigenvalue weighted by molar-refractivity contribution is -0.142. The normalized spacial score (nSPS) is 15.3. The van der Waals surface area contributed by atoms with E-state index in [0.29, 0.717) is 11.5 Å². The summed E-state index contributed by atoms with van der Waals surface area (Å²) in [5.41, 5.74) is 1.56. The van der Waals surface area contributed by atoms with E-state index in [1.807, 2.05) is 56.3 Å². The fraction of sp³-hybridized carbons (Fsp3) is 0.333. The molecule has 0 aromatic heterocycles. The zero-order valence-electron chi connectivity index (χ0n) is 15.4. The van der Waals surface area contributed by atoms with E-state index in [2.05, 4.69) is 5.32 Å². The maximum Gasteiger partial charge on any atom is 0.326 e.